The minimum Gasteiger partial charge on any atom is -0.481 e. The Kier molecular flexibility index (Phi) is 9.30. The van der Waals surface area contributed by atoms with Crippen LogP contribution in [0.5, 0.6) is 0 Å². The van der Waals surface area contributed by atoms with Gasteiger partial charge in [0.15, 0.2) is 0 Å². The second-order valence-electron chi connectivity index (χ2n) is 5.73. The number of nitrogens with zero attached hydrogens (tertiary/aromatic N) is 1. The molecular formula is C15H23N5O6S. The number of carbonyl (C=O) groups is 4. The van der Waals surface area contributed by atoms with Crippen molar-refractivity contribution >= 4 is 35.5 Å². The minimum absolute atomic E-state index is 0.0813. The molecule has 0 spiro atoms. The second-order valence-corrected chi connectivity index (χ2v) is 6.71. The smallest absolute Gasteiger partial charge is 0.326 e. The standard InChI is InChI=1S/C15H23N5O6S/c1-27-3-2-9(16)13(23)19-10(5-12(21)22)14(24)20-11(15(25)26)4-8-6-17-7-18-8/h6-7,9-11H,2-5,16H2,1H3,(H,17,18)(H,19,23)(H,20,24)(H,21,22)(H,25,26)/t9-,10-,11-/m0/s1. The molecule has 0 saturated carbocycles. The van der Waals surface area contributed by atoms with Gasteiger partial charge in [-0.1, -0.05) is 0 Å². The molecule has 12 heteroatoms. The molecule has 0 aliphatic rings. The largest absolute Gasteiger partial charge is 0.481 e. The van der Waals surface area contributed by atoms with Crippen molar-refractivity contribution in [2.75, 3.05) is 12.0 Å². The van der Waals surface area contributed by atoms with Gasteiger partial charge in [-0.05, 0) is 18.4 Å². The van der Waals surface area contributed by atoms with Crippen LogP contribution in [0.2, 0.25) is 0 Å². The maximum Gasteiger partial charge on any atom is 0.326 e. The molecule has 0 radical (unpaired) electrons. The van der Waals surface area contributed by atoms with Crippen LogP contribution in [0.1, 0.15) is 18.5 Å². The maximum atomic E-state index is 12.4. The monoisotopic (exact) mass is 401 g/mol. The molecule has 11 nitrogen and oxygen atoms in total. The number of nitrogens with one attached hydrogen (secondary N) is 3. The Balaban J connectivity index is 2.78. The van der Waals surface area contributed by atoms with E-state index in [1.165, 1.54) is 24.3 Å². The van der Waals surface area contributed by atoms with Crippen molar-refractivity contribution in [3.63, 3.8) is 0 Å². The minimum atomic E-state index is -1.45. The molecule has 1 heterocycles. The number of aliphatic carboxylic acids is 2. The number of aromatic nitrogens is 2. The van der Waals surface area contributed by atoms with E-state index >= 15 is 0 Å². The van der Waals surface area contributed by atoms with Gasteiger partial charge in [0, 0.05) is 18.3 Å². The van der Waals surface area contributed by atoms with Crippen molar-refractivity contribution in [2.24, 2.45) is 5.73 Å². The number of hydrogen-bond donors (Lipinski definition) is 6. The third-order valence-corrected chi connectivity index (χ3v) is 4.22. The number of thioether (sulfide) groups is 1. The fourth-order valence-corrected chi connectivity index (χ4v) is 2.62. The molecule has 3 atom stereocenters. The first kappa shape index (κ1) is 22.4. The van der Waals surface area contributed by atoms with E-state index in [-0.39, 0.29) is 6.42 Å². The lowest BCUT2D eigenvalue weighted by Crippen LogP contribution is -2.55. The molecule has 0 aliphatic heterocycles. The first-order chi connectivity index (χ1) is 12.7. The van der Waals surface area contributed by atoms with E-state index in [1.807, 2.05) is 6.26 Å². The van der Waals surface area contributed by atoms with Crippen molar-refractivity contribution in [1.82, 2.24) is 20.6 Å². The molecule has 0 unspecified atom stereocenters. The average Bonchev–Trinajstić information content (AvgIpc) is 3.10. The number of carboxylic acids is 2. The number of carboxylic acid groups (broad SMARTS) is 2. The van der Waals surface area contributed by atoms with Crippen LogP contribution in [-0.4, -0.2) is 74.1 Å². The number of hydrogen-bond acceptors (Lipinski definition) is 7. The van der Waals surface area contributed by atoms with Gasteiger partial charge in [0.2, 0.25) is 11.8 Å². The zero-order valence-corrected chi connectivity index (χ0v) is 15.5. The zero-order chi connectivity index (χ0) is 20.4. The molecule has 0 fully saturated rings. The number of nitrogens with two attached hydrogens (primary N) is 1. The summed E-state index contributed by atoms with van der Waals surface area (Å²) in [5.74, 6) is -3.61. The van der Waals surface area contributed by atoms with E-state index in [1.54, 1.807) is 0 Å². The molecule has 0 saturated heterocycles. The maximum absolute atomic E-state index is 12.4. The summed E-state index contributed by atoms with van der Waals surface area (Å²) >= 11 is 1.49. The number of H-pyrrole nitrogens is 1. The summed E-state index contributed by atoms with van der Waals surface area (Å²) in [5, 5.41) is 22.8. The molecule has 1 aromatic rings. The van der Waals surface area contributed by atoms with Crippen molar-refractivity contribution in [3.05, 3.63) is 18.2 Å². The fraction of sp³-hybridized carbons (Fsp3) is 0.533. The molecule has 0 aliphatic carbocycles. The average molecular weight is 401 g/mol. The quantitative estimate of drug-likeness (QED) is 0.244. The van der Waals surface area contributed by atoms with E-state index in [0.717, 1.165) is 0 Å². The van der Waals surface area contributed by atoms with Crippen molar-refractivity contribution in [2.45, 2.75) is 37.4 Å². The Morgan fingerprint density at radius 3 is 2.41 bits per heavy atom. The van der Waals surface area contributed by atoms with Gasteiger partial charge in [-0.15, -0.1) is 0 Å². The van der Waals surface area contributed by atoms with Crippen LogP contribution < -0.4 is 16.4 Å². The van der Waals surface area contributed by atoms with Crippen LogP contribution in [0.4, 0.5) is 0 Å². The van der Waals surface area contributed by atoms with Crippen LogP contribution in [0, 0.1) is 0 Å². The zero-order valence-electron chi connectivity index (χ0n) is 14.7. The lowest BCUT2D eigenvalue weighted by molar-refractivity contribution is -0.143. The molecule has 1 aromatic heterocycles. The topological polar surface area (TPSA) is 188 Å². The first-order valence-corrected chi connectivity index (χ1v) is 9.41. The lowest BCUT2D eigenvalue weighted by atomic mass is 10.1. The summed E-state index contributed by atoms with van der Waals surface area (Å²) in [6.45, 7) is 0. The molecule has 27 heavy (non-hydrogen) atoms. The molecule has 150 valence electrons. The van der Waals surface area contributed by atoms with Gasteiger partial charge in [0.25, 0.3) is 0 Å². The lowest BCUT2D eigenvalue weighted by Gasteiger charge is -2.21. The summed E-state index contributed by atoms with van der Waals surface area (Å²) < 4.78 is 0. The Hall–Kier alpha value is -2.60. The highest BCUT2D eigenvalue weighted by Crippen LogP contribution is 2.03. The van der Waals surface area contributed by atoms with Gasteiger partial charge in [-0.3, -0.25) is 14.4 Å². The van der Waals surface area contributed by atoms with Gasteiger partial charge < -0.3 is 31.6 Å². The van der Waals surface area contributed by atoms with Crippen LogP contribution >= 0.6 is 11.8 Å². The number of amides is 2. The predicted octanol–water partition coefficient (Wildman–Crippen LogP) is -1.44. The number of imidazole rings is 1. The van der Waals surface area contributed by atoms with Gasteiger partial charge in [-0.2, -0.15) is 11.8 Å². The van der Waals surface area contributed by atoms with E-state index in [9.17, 15) is 24.3 Å². The normalized spacial score (nSPS) is 14.0. The highest BCUT2D eigenvalue weighted by atomic mass is 32.2. The number of carbonyl (C=O) groups excluding carboxylic acids is 2. The third kappa shape index (κ3) is 8.09. The van der Waals surface area contributed by atoms with Gasteiger partial charge in [0.1, 0.15) is 12.1 Å². The van der Waals surface area contributed by atoms with Gasteiger partial charge in [-0.25, -0.2) is 9.78 Å². The summed E-state index contributed by atoms with van der Waals surface area (Å²) in [5.41, 5.74) is 6.19. The Bertz CT molecular complexity index is 653. The Labute approximate surface area is 159 Å². The van der Waals surface area contributed by atoms with E-state index in [0.29, 0.717) is 17.9 Å². The Morgan fingerprint density at radius 1 is 1.22 bits per heavy atom. The van der Waals surface area contributed by atoms with Gasteiger partial charge in [0.05, 0.1) is 18.8 Å². The van der Waals surface area contributed by atoms with Crippen molar-refractivity contribution < 1.29 is 29.4 Å². The second kappa shape index (κ2) is 11.2. The van der Waals surface area contributed by atoms with E-state index < -0.39 is 48.3 Å². The van der Waals surface area contributed by atoms with E-state index in [2.05, 4.69) is 20.6 Å². The molecule has 2 amide bonds. The fourth-order valence-electron chi connectivity index (χ4n) is 2.13. The molecule has 7 N–H and O–H groups in total. The highest BCUT2D eigenvalue weighted by molar-refractivity contribution is 7.98. The predicted molar refractivity (Wildman–Crippen MR) is 97.0 cm³/mol. The number of aromatic amines is 1. The Morgan fingerprint density at radius 2 is 1.89 bits per heavy atom. The summed E-state index contributed by atoms with van der Waals surface area (Å²) in [6.07, 6.45) is 4.18. The molecule has 1 rings (SSSR count). The first-order valence-electron chi connectivity index (χ1n) is 8.01. The summed E-state index contributed by atoms with van der Waals surface area (Å²) in [4.78, 5) is 53.3. The van der Waals surface area contributed by atoms with Crippen LogP contribution in [0.25, 0.3) is 0 Å². The van der Waals surface area contributed by atoms with Crippen molar-refractivity contribution in [1.29, 1.82) is 0 Å². The van der Waals surface area contributed by atoms with Crippen LogP contribution in [0.15, 0.2) is 12.5 Å². The van der Waals surface area contributed by atoms with E-state index in [4.69, 9.17) is 10.8 Å². The highest BCUT2D eigenvalue weighted by Gasteiger charge is 2.29. The number of rotatable bonds is 12. The van der Waals surface area contributed by atoms with Crippen LogP contribution in [0.3, 0.4) is 0 Å². The SMILES string of the molecule is CSCC[C@H](N)C(=O)N[C@@H](CC(=O)O)C(=O)N[C@@H](Cc1cnc[nH]1)C(=O)O. The van der Waals surface area contributed by atoms with Gasteiger partial charge >= 0.3 is 11.9 Å². The molecular weight excluding hydrogens is 378 g/mol. The molecule has 0 bridgehead atoms. The third-order valence-electron chi connectivity index (χ3n) is 3.57. The molecule has 0 aromatic carbocycles. The summed E-state index contributed by atoms with van der Waals surface area (Å²) in [6, 6.07) is -3.67. The summed E-state index contributed by atoms with van der Waals surface area (Å²) in [7, 11) is 0. The van der Waals surface area contributed by atoms with Crippen molar-refractivity contribution in [3.8, 4) is 0 Å². The van der Waals surface area contributed by atoms with Crippen LogP contribution in [-0.2, 0) is 25.6 Å².